The molecule has 4 aromatic rings. The third kappa shape index (κ3) is 4.65. The van der Waals surface area contributed by atoms with Crippen molar-refractivity contribution in [2.45, 2.75) is 33.2 Å². The number of rotatable bonds is 4. The molecule has 2 N–H and O–H groups in total. The maximum Gasteiger partial charge on any atom is 0.270 e. The molecular weight excluding hydrogens is 456 g/mol. The number of benzene rings is 2. The van der Waals surface area contributed by atoms with E-state index >= 15 is 0 Å². The number of carbonyl (C=O) groups excluding carboxylic acids is 2. The SMILES string of the molecule is CNC(=O)c1c(-c2ccc(Cl)cc2)nc2sc(-c3cc(C(=O)NC(C)(C)C)ccc3C)cn12. The zero-order valence-electron chi connectivity index (χ0n) is 19.1. The molecule has 0 aliphatic rings. The van der Waals surface area contributed by atoms with E-state index in [1.165, 1.54) is 11.3 Å². The highest BCUT2D eigenvalue weighted by Crippen LogP contribution is 2.35. The highest BCUT2D eigenvalue weighted by Gasteiger charge is 2.23. The molecule has 6 nitrogen and oxygen atoms in total. The van der Waals surface area contributed by atoms with Gasteiger partial charge in [-0.05, 0) is 63.1 Å². The molecule has 2 aromatic carbocycles. The Morgan fingerprint density at radius 1 is 1.06 bits per heavy atom. The lowest BCUT2D eigenvalue weighted by Crippen LogP contribution is -2.40. The number of nitrogens with zero attached hydrogens (tertiary/aromatic N) is 2. The average Bonchev–Trinajstić information content (AvgIpc) is 3.30. The second-order valence-corrected chi connectivity index (χ2v) is 10.3. The van der Waals surface area contributed by atoms with Crippen LogP contribution < -0.4 is 10.6 Å². The van der Waals surface area contributed by atoms with Crippen molar-refractivity contribution in [2.75, 3.05) is 7.05 Å². The van der Waals surface area contributed by atoms with E-state index in [1.54, 1.807) is 19.2 Å². The van der Waals surface area contributed by atoms with Crippen LogP contribution in [0, 0.1) is 6.92 Å². The van der Waals surface area contributed by atoms with Crippen LogP contribution in [0.4, 0.5) is 0 Å². The first-order chi connectivity index (χ1) is 15.6. The van der Waals surface area contributed by atoms with E-state index < -0.39 is 0 Å². The zero-order chi connectivity index (χ0) is 23.9. The summed E-state index contributed by atoms with van der Waals surface area (Å²) >= 11 is 7.50. The molecule has 2 aromatic heterocycles. The Morgan fingerprint density at radius 2 is 1.76 bits per heavy atom. The second-order valence-electron chi connectivity index (χ2n) is 8.88. The number of amides is 2. The van der Waals surface area contributed by atoms with Crippen LogP contribution >= 0.6 is 22.9 Å². The predicted molar refractivity (Wildman–Crippen MR) is 134 cm³/mol. The van der Waals surface area contributed by atoms with Crippen LogP contribution in [0.3, 0.4) is 0 Å². The quantitative estimate of drug-likeness (QED) is 0.400. The molecule has 0 radical (unpaired) electrons. The summed E-state index contributed by atoms with van der Waals surface area (Å²) in [6.45, 7) is 7.86. The van der Waals surface area contributed by atoms with Gasteiger partial charge >= 0.3 is 0 Å². The normalized spacial score (nSPS) is 11.6. The first-order valence-electron chi connectivity index (χ1n) is 10.5. The van der Waals surface area contributed by atoms with Crippen LogP contribution in [0.15, 0.2) is 48.7 Å². The van der Waals surface area contributed by atoms with Crippen molar-refractivity contribution >= 4 is 39.7 Å². The monoisotopic (exact) mass is 480 g/mol. The predicted octanol–water partition coefficient (Wildman–Crippen LogP) is 5.58. The van der Waals surface area contributed by atoms with Crippen molar-refractivity contribution in [3.63, 3.8) is 0 Å². The number of hydrogen-bond acceptors (Lipinski definition) is 4. The van der Waals surface area contributed by atoms with Gasteiger partial charge in [0.1, 0.15) is 11.4 Å². The van der Waals surface area contributed by atoms with E-state index in [1.807, 2.05) is 68.6 Å². The van der Waals surface area contributed by atoms with Crippen molar-refractivity contribution in [3.8, 4) is 21.7 Å². The molecule has 0 aliphatic heterocycles. The molecule has 170 valence electrons. The summed E-state index contributed by atoms with van der Waals surface area (Å²) in [6, 6.07) is 12.9. The number of halogens is 1. The number of imidazole rings is 1. The summed E-state index contributed by atoms with van der Waals surface area (Å²) in [4.78, 5) is 31.9. The van der Waals surface area contributed by atoms with Crippen molar-refractivity contribution < 1.29 is 9.59 Å². The minimum atomic E-state index is -0.327. The fourth-order valence-corrected chi connectivity index (χ4v) is 4.75. The number of carbonyl (C=O) groups is 2. The molecule has 0 aliphatic carbocycles. The molecule has 2 amide bonds. The molecule has 0 spiro atoms. The number of nitrogens with one attached hydrogen (secondary N) is 2. The van der Waals surface area contributed by atoms with Crippen molar-refractivity contribution in [2.24, 2.45) is 0 Å². The van der Waals surface area contributed by atoms with Crippen molar-refractivity contribution in [1.82, 2.24) is 20.0 Å². The minimum Gasteiger partial charge on any atom is -0.354 e. The number of hydrogen-bond donors (Lipinski definition) is 2. The van der Waals surface area contributed by atoms with Gasteiger partial charge in [-0.3, -0.25) is 14.0 Å². The van der Waals surface area contributed by atoms with Gasteiger partial charge in [-0.15, -0.1) is 0 Å². The lowest BCUT2D eigenvalue weighted by Gasteiger charge is -2.20. The summed E-state index contributed by atoms with van der Waals surface area (Å²) in [5, 5.41) is 6.33. The molecule has 0 bridgehead atoms. The van der Waals surface area contributed by atoms with Crippen LogP contribution in [0.5, 0.6) is 0 Å². The van der Waals surface area contributed by atoms with Crippen LogP contribution in [0.25, 0.3) is 26.7 Å². The standard InChI is InChI=1S/C25H25ClN4O2S/c1-14-6-7-16(22(31)29-25(2,3)4)12-18(14)19-13-30-21(23(32)27-5)20(28-24(30)33-19)15-8-10-17(26)11-9-15/h6-13H,1-5H3,(H,27,32)(H,29,31). The molecule has 0 atom stereocenters. The maximum atomic E-state index is 12.8. The lowest BCUT2D eigenvalue weighted by atomic mass is 10.0. The maximum absolute atomic E-state index is 12.8. The third-order valence-electron chi connectivity index (χ3n) is 5.14. The van der Waals surface area contributed by atoms with Gasteiger partial charge in [0.2, 0.25) is 0 Å². The highest BCUT2D eigenvalue weighted by molar-refractivity contribution is 7.20. The fourth-order valence-electron chi connectivity index (χ4n) is 3.56. The molecule has 4 rings (SSSR count). The first kappa shape index (κ1) is 23.0. The largest absolute Gasteiger partial charge is 0.354 e. The van der Waals surface area contributed by atoms with E-state index in [4.69, 9.17) is 16.6 Å². The fraction of sp³-hybridized carbons (Fsp3) is 0.240. The Labute approximate surface area is 201 Å². The molecular formula is C25H25ClN4O2S. The van der Waals surface area contributed by atoms with E-state index in [0.29, 0.717) is 26.9 Å². The number of fused-ring (bicyclic) bond motifs is 1. The van der Waals surface area contributed by atoms with Crippen LogP contribution in [0.1, 0.15) is 47.2 Å². The van der Waals surface area contributed by atoms with Crippen LogP contribution in [-0.4, -0.2) is 33.8 Å². The molecule has 8 heteroatoms. The van der Waals surface area contributed by atoms with E-state index in [9.17, 15) is 9.59 Å². The number of aryl methyl sites for hydroxylation is 1. The Kier molecular flexibility index (Phi) is 6.03. The van der Waals surface area contributed by atoms with Crippen molar-refractivity contribution in [1.29, 1.82) is 0 Å². The Hall–Kier alpha value is -3.16. The average molecular weight is 481 g/mol. The Bertz CT molecular complexity index is 1360. The minimum absolute atomic E-state index is 0.124. The summed E-state index contributed by atoms with van der Waals surface area (Å²) in [5.41, 5.74) is 4.09. The van der Waals surface area contributed by atoms with E-state index in [2.05, 4.69) is 10.6 Å². The first-order valence-corrected chi connectivity index (χ1v) is 11.7. The Balaban J connectivity index is 1.81. The highest BCUT2D eigenvalue weighted by atomic mass is 35.5. The van der Waals surface area contributed by atoms with E-state index in [0.717, 1.165) is 21.6 Å². The van der Waals surface area contributed by atoms with Gasteiger partial charge in [0, 0.05) is 34.9 Å². The molecule has 0 unspecified atom stereocenters. The van der Waals surface area contributed by atoms with Gasteiger partial charge in [0.25, 0.3) is 11.8 Å². The van der Waals surface area contributed by atoms with Crippen molar-refractivity contribution in [3.05, 3.63) is 70.5 Å². The van der Waals surface area contributed by atoms with Gasteiger partial charge in [0.05, 0.1) is 4.88 Å². The molecule has 0 saturated heterocycles. The number of thiazole rings is 1. The summed E-state index contributed by atoms with van der Waals surface area (Å²) in [6.07, 6.45) is 1.91. The van der Waals surface area contributed by atoms with Gasteiger partial charge in [0.15, 0.2) is 4.96 Å². The third-order valence-corrected chi connectivity index (χ3v) is 6.41. The zero-order valence-corrected chi connectivity index (χ0v) is 20.7. The van der Waals surface area contributed by atoms with E-state index in [-0.39, 0.29) is 17.4 Å². The van der Waals surface area contributed by atoms with Crippen LogP contribution in [-0.2, 0) is 0 Å². The van der Waals surface area contributed by atoms with Crippen LogP contribution in [0.2, 0.25) is 5.02 Å². The number of aromatic nitrogens is 2. The van der Waals surface area contributed by atoms with Gasteiger partial charge in [-0.25, -0.2) is 4.98 Å². The topological polar surface area (TPSA) is 75.5 Å². The Morgan fingerprint density at radius 3 is 2.39 bits per heavy atom. The molecule has 2 heterocycles. The molecule has 0 saturated carbocycles. The summed E-state index contributed by atoms with van der Waals surface area (Å²) in [5.74, 6) is -0.354. The molecule has 0 fully saturated rings. The van der Waals surface area contributed by atoms with Gasteiger partial charge < -0.3 is 10.6 Å². The lowest BCUT2D eigenvalue weighted by molar-refractivity contribution is 0.0917. The van der Waals surface area contributed by atoms with Gasteiger partial charge in [-0.2, -0.15) is 0 Å². The smallest absolute Gasteiger partial charge is 0.270 e. The molecule has 33 heavy (non-hydrogen) atoms. The van der Waals surface area contributed by atoms with Gasteiger partial charge in [-0.1, -0.05) is 41.1 Å². The summed E-state index contributed by atoms with van der Waals surface area (Å²) in [7, 11) is 1.60. The summed E-state index contributed by atoms with van der Waals surface area (Å²) < 4.78 is 1.81. The second kappa shape index (κ2) is 8.65.